The van der Waals surface area contributed by atoms with Crippen molar-refractivity contribution in [3.05, 3.63) is 66.6 Å². The lowest BCUT2D eigenvalue weighted by atomic mass is 10.1. The summed E-state index contributed by atoms with van der Waals surface area (Å²) in [6.07, 6.45) is 4.71. The van der Waals surface area contributed by atoms with Crippen molar-refractivity contribution in [3.8, 4) is 16.9 Å². The van der Waals surface area contributed by atoms with Crippen LogP contribution in [-0.2, 0) is 16.8 Å². The van der Waals surface area contributed by atoms with Crippen LogP contribution in [0.2, 0.25) is 0 Å². The minimum atomic E-state index is -1.93. The summed E-state index contributed by atoms with van der Waals surface area (Å²) in [4.78, 5) is 8.20. The van der Waals surface area contributed by atoms with Crippen molar-refractivity contribution in [1.82, 2.24) is 14.5 Å². The van der Waals surface area contributed by atoms with E-state index in [0.29, 0.717) is 22.6 Å². The van der Waals surface area contributed by atoms with E-state index in [9.17, 15) is 8.60 Å². The number of imidazole rings is 1. The molecule has 0 aliphatic rings. The van der Waals surface area contributed by atoms with E-state index in [1.54, 1.807) is 53.6 Å². The molecule has 0 saturated carbocycles. The standard InChI is InChI=1S/C15H12FN3O2S/c16-14-4-2-1-3-13(14)15-8-17-10-19(15)12-6-5-11(18-7-12)9-22(20)21/h1-8,10H,9H2,(H,20,21). The summed E-state index contributed by atoms with van der Waals surface area (Å²) in [7, 11) is 0. The molecule has 0 radical (unpaired) electrons. The topological polar surface area (TPSA) is 68.0 Å². The molecular formula is C15H12FN3O2S. The number of benzene rings is 1. The van der Waals surface area contributed by atoms with Gasteiger partial charge in [0.05, 0.1) is 41.5 Å². The summed E-state index contributed by atoms with van der Waals surface area (Å²) in [5, 5.41) is 0. The average molecular weight is 317 g/mol. The first-order chi connectivity index (χ1) is 10.6. The van der Waals surface area contributed by atoms with Crippen molar-refractivity contribution in [2.75, 3.05) is 0 Å². The van der Waals surface area contributed by atoms with Crippen LogP contribution >= 0.6 is 0 Å². The van der Waals surface area contributed by atoms with Crippen LogP contribution in [0, 0.1) is 5.82 Å². The maximum atomic E-state index is 13.9. The number of nitrogens with zero attached hydrogens (tertiary/aromatic N) is 3. The third-order valence-electron chi connectivity index (χ3n) is 3.15. The molecule has 7 heteroatoms. The Bertz CT molecular complexity index is 818. The second-order valence-corrected chi connectivity index (χ2v) is 5.53. The summed E-state index contributed by atoms with van der Waals surface area (Å²) >= 11 is -1.93. The van der Waals surface area contributed by atoms with Crippen LogP contribution < -0.4 is 0 Å². The monoisotopic (exact) mass is 317 g/mol. The van der Waals surface area contributed by atoms with E-state index in [1.165, 1.54) is 6.07 Å². The van der Waals surface area contributed by atoms with Crippen molar-refractivity contribution >= 4 is 11.1 Å². The molecule has 1 aromatic carbocycles. The van der Waals surface area contributed by atoms with Gasteiger partial charge in [0, 0.05) is 5.56 Å². The zero-order chi connectivity index (χ0) is 15.5. The van der Waals surface area contributed by atoms with Crippen LogP contribution in [0.4, 0.5) is 4.39 Å². The van der Waals surface area contributed by atoms with Gasteiger partial charge in [-0.1, -0.05) is 12.1 Å². The minimum Gasteiger partial charge on any atom is -0.306 e. The lowest BCUT2D eigenvalue weighted by Crippen LogP contribution is -2.00. The molecule has 2 aromatic heterocycles. The highest BCUT2D eigenvalue weighted by Crippen LogP contribution is 2.24. The molecule has 0 spiro atoms. The second-order valence-electron chi connectivity index (χ2n) is 4.60. The van der Waals surface area contributed by atoms with Gasteiger partial charge in [0.1, 0.15) is 5.82 Å². The fourth-order valence-electron chi connectivity index (χ4n) is 2.14. The molecular weight excluding hydrogens is 305 g/mol. The van der Waals surface area contributed by atoms with Gasteiger partial charge in [-0.05, 0) is 24.3 Å². The Hall–Kier alpha value is -2.38. The Morgan fingerprint density at radius 2 is 2.00 bits per heavy atom. The zero-order valence-electron chi connectivity index (χ0n) is 11.4. The summed E-state index contributed by atoms with van der Waals surface area (Å²) in [5.74, 6) is -0.353. The third-order valence-corrected chi connectivity index (χ3v) is 3.69. The molecule has 22 heavy (non-hydrogen) atoms. The fourth-order valence-corrected chi connectivity index (χ4v) is 2.56. The molecule has 0 aliphatic carbocycles. The molecule has 1 N–H and O–H groups in total. The molecule has 3 aromatic rings. The van der Waals surface area contributed by atoms with E-state index in [1.807, 2.05) is 0 Å². The molecule has 3 rings (SSSR count). The van der Waals surface area contributed by atoms with Crippen molar-refractivity contribution < 1.29 is 13.2 Å². The normalized spacial score (nSPS) is 12.3. The minimum absolute atomic E-state index is 0.0234. The first-order valence-electron chi connectivity index (χ1n) is 6.45. The summed E-state index contributed by atoms with van der Waals surface area (Å²) in [5.41, 5.74) is 2.26. The molecule has 0 fully saturated rings. The second kappa shape index (κ2) is 6.17. The molecule has 1 unspecified atom stereocenters. The number of rotatable bonds is 4. The van der Waals surface area contributed by atoms with Crippen molar-refractivity contribution in [2.24, 2.45) is 0 Å². The van der Waals surface area contributed by atoms with E-state index in [-0.39, 0.29) is 11.6 Å². The molecule has 1 atom stereocenters. The Kier molecular flexibility index (Phi) is 4.08. The number of hydrogen-bond acceptors (Lipinski definition) is 3. The molecule has 0 bridgehead atoms. The fraction of sp³-hybridized carbons (Fsp3) is 0.0667. The van der Waals surface area contributed by atoms with Crippen LogP contribution in [-0.4, -0.2) is 23.3 Å². The highest BCUT2D eigenvalue weighted by Gasteiger charge is 2.11. The van der Waals surface area contributed by atoms with Gasteiger partial charge in [0.15, 0.2) is 11.1 Å². The third kappa shape index (κ3) is 2.95. The van der Waals surface area contributed by atoms with E-state index >= 15 is 0 Å². The van der Waals surface area contributed by atoms with E-state index < -0.39 is 11.1 Å². The Morgan fingerprint density at radius 1 is 1.18 bits per heavy atom. The summed E-state index contributed by atoms with van der Waals surface area (Å²) in [6.45, 7) is 0. The first-order valence-corrected chi connectivity index (χ1v) is 7.73. The smallest absolute Gasteiger partial charge is 0.158 e. The Balaban J connectivity index is 1.99. The van der Waals surface area contributed by atoms with Crippen LogP contribution in [0.1, 0.15) is 5.69 Å². The molecule has 0 aliphatic heterocycles. The van der Waals surface area contributed by atoms with Crippen molar-refractivity contribution in [1.29, 1.82) is 0 Å². The van der Waals surface area contributed by atoms with Crippen LogP contribution in [0.3, 0.4) is 0 Å². The van der Waals surface area contributed by atoms with Crippen LogP contribution in [0.25, 0.3) is 16.9 Å². The predicted octanol–water partition coefficient (Wildman–Crippen LogP) is 2.80. The van der Waals surface area contributed by atoms with Crippen LogP contribution in [0.5, 0.6) is 0 Å². The van der Waals surface area contributed by atoms with Gasteiger partial charge in [0.2, 0.25) is 0 Å². The summed E-state index contributed by atoms with van der Waals surface area (Å²) < 4.78 is 35.3. The molecule has 112 valence electrons. The van der Waals surface area contributed by atoms with Gasteiger partial charge in [-0.2, -0.15) is 0 Å². The lowest BCUT2D eigenvalue weighted by molar-refractivity contribution is 0.563. The van der Waals surface area contributed by atoms with E-state index in [0.717, 1.165) is 0 Å². The van der Waals surface area contributed by atoms with Gasteiger partial charge in [-0.3, -0.25) is 9.55 Å². The number of halogens is 1. The number of aromatic nitrogens is 3. The van der Waals surface area contributed by atoms with Gasteiger partial charge in [0.25, 0.3) is 0 Å². The highest BCUT2D eigenvalue weighted by atomic mass is 32.2. The van der Waals surface area contributed by atoms with E-state index in [4.69, 9.17) is 4.55 Å². The molecule has 5 nitrogen and oxygen atoms in total. The summed E-state index contributed by atoms with van der Waals surface area (Å²) in [6, 6.07) is 9.87. The van der Waals surface area contributed by atoms with Gasteiger partial charge in [-0.25, -0.2) is 13.6 Å². The maximum absolute atomic E-state index is 13.9. The first kappa shape index (κ1) is 14.6. The SMILES string of the molecule is O=S(O)Cc1ccc(-n2cncc2-c2ccccc2F)cn1. The molecule has 0 saturated heterocycles. The van der Waals surface area contributed by atoms with Crippen molar-refractivity contribution in [2.45, 2.75) is 5.75 Å². The van der Waals surface area contributed by atoms with E-state index in [2.05, 4.69) is 9.97 Å². The largest absolute Gasteiger partial charge is 0.306 e. The highest BCUT2D eigenvalue weighted by molar-refractivity contribution is 7.78. The quantitative estimate of drug-likeness (QED) is 0.751. The Morgan fingerprint density at radius 3 is 2.68 bits per heavy atom. The zero-order valence-corrected chi connectivity index (χ0v) is 12.2. The Labute approximate surface area is 128 Å². The van der Waals surface area contributed by atoms with Gasteiger partial charge in [-0.15, -0.1) is 0 Å². The molecule has 2 heterocycles. The maximum Gasteiger partial charge on any atom is 0.158 e. The average Bonchev–Trinajstić information content (AvgIpc) is 2.97. The van der Waals surface area contributed by atoms with Gasteiger partial charge < -0.3 is 4.55 Å². The van der Waals surface area contributed by atoms with Crippen molar-refractivity contribution in [3.63, 3.8) is 0 Å². The van der Waals surface area contributed by atoms with Crippen LogP contribution in [0.15, 0.2) is 55.1 Å². The molecule has 0 amide bonds. The predicted molar refractivity (Wildman–Crippen MR) is 81.2 cm³/mol. The number of pyridine rings is 1. The van der Waals surface area contributed by atoms with Gasteiger partial charge >= 0.3 is 0 Å². The number of hydrogen-bond donors (Lipinski definition) is 1. The lowest BCUT2D eigenvalue weighted by Gasteiger charge is -2.09.